The molecule has 0 unspecified atom stereocenters. The first-order chi connectivity index (χ1) is 12.3. The van der Waals surface area contributed by atoms with Crippen LogP contribution in [0.15, 0.2) is 35.5 Å². The van der Waals surface area contributed by atoms with Gasteiger partial charge >= 0.3 is 11.9 Å². The van der Waals surface area contributed by atoms with Crippen LogP contribution in [0.4, 0.5) is 0 Å². The maximum atomic E-state index is 12.4. The van der Waals surface area contributed by atoms with Crippen molar-refractivity contribution in [2.75, 3.05) is 6.61 Å². The maximum Gasteiger partial charge on any atom is 0.334 e. The molecule has 1 N–H and O–H groups in total. The van der Waals surface area contributed by atoms with Gasteiger partial charge in [0.15, 0.2) is 0 Å². The van der Waals surface area contributed by atoms with Crippen LogP contribution in [0.5, 0.6) is 0 Å². The van der Waals surface area contributed by atoms with E-state index in [2.05, 4.69) is 6.58 Å². The molecule has 0 aromatic rings. The van der Waals surface area contributed by atoms with Crippen LogP contribution < -0.4 is 0 Å². The lowest BCUT2D eigenvalue weighted by Crippen LogP contribution is -2.39. The van der Waals surface area contributed by atoms with E-state index < -0.39 is 35.7 Å². The molecule has 0 radical (unpaired) electrons. The van der Waals surface area contributed by atoms with Gasteiger partial charge in [0.1, 0.15) is 17.8 Å². The molecule has 2 saturated heterocycles. The van der Waals surface area contributed by atoms with Crippen molar-refractivity contribution in [1.82, 2.24) is 0 Å². The van der Waals surface area contributed by atoms with Gasteiger partial charge in [-0.25, -0.2) is 9.59 Å². The highest BCUT2D eigenvalue weighted by atomic mass is 16.6. The third-order valence-electron chi connectivity index (χ3n) is 5.65. The number of hydrogen-bond donors (Lipinski definition) is 1. The van der Waals surface area contributed by atoms with Crippen molar-refractivity contribution < 1.29 is 28.9 Å². The van der Waals surface area contributed by atoms with Crippen LogP contribution in [-0.4, -0.2) is 47.6 Å². The highest BCUT2D eigenvalue weighted by Gasteiger charge is 2.59. The number of aliphatic hydroxyl groups excluding tert-OH is 1. The van der Waals surface area contributed by atoms with Crippen LogP contribution in [0.1, 0.15) is 40.0 Å². The fraction of sp³-hybridized carbons (Fsp3) is 0.600. The number of esters is 2. The fourth-order valence-corrected chi connectivity index (χ4v) is 3.79. The average Bonchev–Trinajstić information content (AvgIpc) is 3.23. The Balaban J connectivity index is 1.97. The molecule has 2 heterocycles. The van der Waals surface area contributed by atoms with E-state index in [1.165, 1.54) is 0 Å². The van der Waals surface area contributed by atoms with E-state index in [4.69, 9.17) is 14.2 Å². The third-order valence-corrected chi connectivity index (χ3v) is 5.65. The third kappa shape index (κ3) is 3.35. The number of aliphatic hydroxyl groups is 1. The number of allylic oxidation sites excluding steroid dienone is 2. The Morgan fingerprint density at radius 1 is 1.54 bits per heavy atom. The van der Waals surface area contributed by atoms with Gasteiger partial charge in [-0.1, -0.05) is 18.2 Å². The van der Waals surface area contributed by atoms with Crippen LogP contribution in [0.25, 0.3) is 0 Å². The zero-order chi connectivity index (χ0) is 19.1. The lowest BCUT2D eigenvalue weighted by Gasteiger charge is -2.29. The summed E-state index contributed by atoms with van der Waals surface area (Å²) in [7, 11) is 0. The molecule has 142 valence electrons. The number of rotatable bonds is 3. The first-order valence-corrected chi connectivity index (χ1v) is 9.01. The second kappa shape index (κ2) is 7.00. The minimum absolute atomic E-state index is 0.0808. The predicted octanol–water partition coefficient (Wildman–Crippen LogP) is 2.22. The second-order valence-corrected chi connectivity index (χ2v) is 7.42. The Bertz CT molecular complexity index is 690. The number of carbonyl (C=O) groups excluding carboxylic acids is 2. The van der Waals surface area contributed by atoms with Crippen molar-refractivity contribution in [3.8, 4) is 0 Å². The normalized spacial score (nSPS) is 39.2. The minimum Gasteiger partial charge on any atom is -0.458 e. The van der Waals surface area contributed by atoms with Gasteiger partial charge in [0.05, 0.1) is 18.6 Å². The van der Waals surface area contributed by atoms with Crippen molar-refractivity contribution in [2.24, 2.45) is 5.92 Å². The molecule has 0 bridgehead atoms. The summed E-state index contributed by atoms with van der Waals surface area (Å²) in [6.07, 6.45) is 4.19. The molecular weight excluding hydrogens is 336 g/mol. The smallest absolute Gasteiger partial charge is 0.334 e. The van der Waals surface area contributed by atoms with Crippen LogP contribution >= 0.6 is 0 Å². The SMILES string of the molecule is C=C1C(=O)O[C@@H]2/C=C(\C)CC[C@@H]3O[C@]3(CO)C[C@@H](OC(=O)/C(C)=C\C)[C@@H]12. The molecule has 0 amide bonds. The highest BCUT2D eigenvalue weighted by Crippen LogP contribution is 2.48. The van der Waals surface area contributed by atoms with Gasteiger partial charge in [-0.3, -0.25) is 0 Å². The van der Waals surface area contributed by atoms with Gasteiger partial charge in [-0.15, -0.1) is 0 Å². The van der Waals surface area contributed by atoms with E-state index in [1.54, 1.807) is 19.9 Å². The van der Waals surface area contributed by atoms with E-state index in [9.17, 15) is 14.7 Å². The lowest BCUT2D eigenvalue weighted by atomic mass is 9.82. The second-order valence-electron chi connectivity index (χ2n) is 7.42. The molecular formula is C20H26O6. The molecule has 5 atom stereocenters. The molecule has 6 nitrogen and oxygen atoms in total. The number of carbonyl (C=O) groups is 2. The first-order valence-electron chi connectivity index (χ1n) is 9.01. The monoisotopic (exact) mass is 362 g/mol. The Kier molecular flexibility index (Phi) is 5.08. The molecule has 3 aliphatic rings. The van der Waals surface area contributed by atoms with E-state index in [0.29, 0.717) is 17.6 Å². The zero-order valence-electron chi connectivity index (χ0n) is 15.5. The lowest BCUT2D eigenvalue weighted by molar-refractivity contribution is -0.148. The molecule has 0 saturated carbocycles. The van der Waals surface area contributed by atoms with Crippen molar-refractivity contribution in [2.45, 2.75) is 63.9 Å². The number of epoxide rings is 1. The summed E-state index contributed by atoms with van der Waals surface area (Å²) >= 11 is 0. The van der Waals surface area contributed by atoms with Gasteiger partial charge in [0.25, 0.3) is 0 Å². The fourth-order valence-electron chi connectivity index (χ4n) is 3.79. The van der Waals surface area contributed by atoms with Gasteiger partial charge in [-0.05, 0) is 39.7 Å². The van der Waals surface area contributed by atoms with E-state index >= 15 is 0 Å². The highest BCUT2D eigenvalue weighted by molar-refractivity contribution is 5.92. The summed E-state index contributed by atoms with van der Waals surface area (Å²) in [5, 5.41) is 9.89. The van der Waals surface area contributed by atoms with Crippen molar-refractivity contribution >= 4 is 11.9 Å². The predicted molar refractivity (Wildman–Crippen MR) is 94.1 cm³/mol. The molecule has 6 heteroatoms. The molecule has 26 heavy (non-hydrogen) atoms. The molecule has 1 aliphatic carbocycles. The van der Waals surface area contributed by atoms with Crippen LogP contribution in [0.2, 0.25) is 0 Å². The zero-order valence-corrected chi connectivity index (χ0v) is 15.5. The first kappa shape index (κ1) is 18.9. The van der Waals surface area contributed by atoms with Crippen molar-refractivity contribution in [1.29, 1.82) is 0 Å². The van der Waals surface area contributed by atoms with Gasteiger partial charge in [-0.2, -0.15) is 0 Å². The average molecular weight is 362 g/mol. The summed E-state index contributed by atoms with van der Waals surface area (Å²) in [6.45, 7) is 9.12. The standard InChI is InChI=1S/C20H26O6/c1-5-12(3)18(22)25-15-9-20(10-21)16(26-20)7-6-11(2)8-14-17(15)13(4)19(23)24-14/h5,8,14-17,21H,4,6-7,9-10H2,1-3H3/b11-8+,12-5-/t14-,15-,16+,17+,20+/m1/s1. The Morgan fingerprint density at radius 2 is 2.27 bits per heavy atom. The summed E-state index contributed by atoms with van der Waals surface area (Å²) in [5.41, 5.74) is 1.11. The summed E-state index contributed by atoms with van der Waals surface area (Å²) < 4.78 is 17.0. The number of ether oxygens (including phenoxy) is 3. The van der Waals surface area contributed by atoms with E-state index in [-0.39, 0.29) is 12.7 Å². The van der Waals surface area contributed by atoms with E-state index in [1.807, 2.05) is 13.0 Å². The molecule has 0 spiro atoms. The minimum atomic E-state index is -0.733. The summed E-state index contributed by atoms with van der Waals surface area (Å²) in [6, 6.07) is 0. The van der Waals surface area contributed by atoms with Gasteiger partial charge in [0.2, 0.25) is 0 Å². The summed E-state index contributed by atoms with van der Waals surface area (Å²) in [4.78, 5) is 24.5. The topological polar surface area (TPSA) is 85.4 Å². The largest absolute Gasteiger partial charge is 0.458 e. The Morgan fingerprint density at radius 3 is 2.92 bits per heavy atom. The van der Waals surface area contributed by atoms with Crippen LogP contribution in [0, 0.1) is 5.92 Å². The Labute approximate surface area is 153 Å². The molecule has 2 aliphatic heterocycles. The summed E-state index contributed by atoms with van der Waals surface area (Å²) in [5.74, 6) is -1.41. The Hall–Kier alpha value is -1.92. The molecule has 0 aromatic heterocycles. The van der Waals surface area contributed by atoms with E-state index in [0.717, 1.165) is 18.4 Å². The van der Waals surface area contributed by atoms with Crippen molar-refractivity contribution in [3.63, 3.8) is 0 Å². The molecule has 2 fully saturated rings. The van der Waals surface area contributed by atoms with Crippen LogP contribution in [0.3, 0.4) is 0 Å². The van der Waals surface area contributed by atoms with Gasteiger partial charge < -0.3 is 19.3 Å². The van der Waals surface area contributed by atoms with Crippen molar-refractivity contribution in [3.05, 3.63) is 35.5 Å². The van der Waals surface area contributed by atoms with Gasteiger partial charge in [0, 0.05) is 17.6 Å². The number of fused-ring (bicyclic) bond motifs is 2. The van der Waals surface area contributed by atoms with Crippen LogP contribution in [-0.2, 0) is 23.8 Å². The molecule has 3 rings (SSSR count). The quantitative estimate of drug-likeness (QED) is 0.359. The molecule has 0 aromatic carbocycles. The maximum absolute atomic E-state index is 12.4. The number of hydrogen-bond acceptors (Lipinski definition) is 6.